The highest BCUT2D eigenvalue weighted by Gasteiger charge is 2.24. The molecule has 0 amide bonds. The Kier molecular flexibility index (Phi) is 3.18. The molecule has 0 aliphatic carbocycles. The molecule has 0 spiro atoms. The van der Waals surface area contributed by atoms with Crippen LogP contribution in [0.4, 0.5) is 5.69 Å². The molecule has 15 heavy (non-hydrogen) atoms. The summed E-state index contributed by atoms with van der Waals surface area (Å²) in [6.07, 6.45) is 4.54. The number of nitrogen functional groups attached to an aromatic ring is 1. The summed E-state index contributed by atoms with van der Waals surface area (Å²) in [5.41, 5.74) is 7.15. The molecule has 1 aliphatic rings. The molecule has 1 atom stereocenters. The number of aliphatic hydroxyl groups excluding tert-OH is 1. The number of rotatable bonds is 2. The Morgan fingerprint density at radius 2 is 2.20 bits per heavy atom. The van der Waals surface area contributed by atoms with Gasteiger partial charge in [-0.1, -0.05) is 0 Å². The van der Waals surface area contributed by atoms with Crippen molar-refractivity contribution in [3.8, 4) is 0 Å². The van der Waals surface area contributed by atoms with E-state index in [1.165, 1.54) is 0 Å². The summed E-state index contributed by atoms with van der Waals surface area (Å²) in [4.78, 5) is 3.99. The molecule has 2 heterocycles. The number of anilines is 1. The summed E-state index contributed by atoms with van der Waals surface area (Å²) in [5, 5.41) is 10.2. The second-order valence-electron chi connectivity index (χ2n) is 3.90. The molecule has 1 aromatic heterocycles. The topological polar surface area (TPSA) is 68.4 Å². The summed E-state index contributed by atoms with van der Waals surface area (Å²) < 4.78 is 5.26. The van der Waals surface area contributed by atoms with Gasteiger partial charge < -0.3 is 15.6 Å². The SMILES string of the molecule is Nc1ccncc1C(O)C1CCOCC1. The number of ether oxygens (including phenoxy) is 1. The fourth-order valence-corrected chi connectivity index (χ4v) is 1.95. The van der Waals surface area contributed by atoms with Crippen LogP contribution < -0.4 is 5.73 Å². The van der Waals surface area contributed by atoms with Crippen molar-refractivity contribution >= 4 is 5.69 Å². The van der Waals surface area contributed by atoms with E-state index in [9.17, 15) is 5.11 Å². The number of aliphatic hydroxyl groups is 1. The van der Waals surface area contributed by atoms with Gasteiger partial charge in [-0.2, -0.15) is 0 Å². The normalized spacial score (nSPS) is 20.1. The average molecular weight is 208 g/mol. The summed E-state index contributed by atoms with van der Waals surface area (Å²) in [6.45, 7) is 1.45. The smallest absolute Gasteiger partial charge is 0.0854 e. The third-order valence-electron chi connectivity index (χ3n) is 2.92. The van der Waals surface area contributed by atoms with Crippen LogP contribution in [0.2, 0.25) is 0 Å². The minimum Gasteiger partial charge on any atom is -0.398 e. The van der Waals surface area contributed by atoms with Crippen molar-refractivity contribution in [3.63, 3.8) is 0 Å². The van der Waals surface area contributed by atoms with Crippen LogP contribution >= 0.6 is 0 Å². The van der Waals surface area contributed by atoms with Gasteiger partial charge in [-0.3, -0.25) is 4.98 Å². The van der Waals surface area contributed by atoms with Crippen LogP contribution in [0.1, 0.15) is 24.5 Å². The summed E-state index contributed by atoms with van der Waals surface area (Å²) in [6, 6.07) is 1.72. The molecule has 4 heteroatoms. The van der Waals surface area contributed by atoms with Crippen LogP contribution in [-0.4, -0.2) is 23.3 Å². The highest BCUT2D eigenvalue weighted by atomic mass is 16.5. The van der Waals surface area contributed by atoms with E-state index < -0.39 is 6.10 Å². The standard InChI is InChI=1S/C11H16N2O2/c12-10-1-4-13-7-9(10)11(14)8-2-5-15-6-3-8/h1,4,7-8,11,14H,2-3,5-6H2,(H2,12,13). The molecule has 1 fully saturated rings. The Balaban J connectivity index is 2.12. The monoisotopic (exact) mass is 208 g/mol. The molecule has 1 saturated heterocycles. The fourth-order valence-electron chi connectivity index (χ4n) is 1.95. The van der Waals surface area contributed by atoms with Gasteiger partial charge in [-0.15, -0.1) is 0 Å². The van der Waals surface area contributed by atoms with Gasteiger partial charge in [0.15, 0.2) is 0 Å². The van der Waals surface area contributed by atoms with Crippen LogP contribution in [0.15, 0.2) is 18.5 Å². The van der Waals surface area contributed by atoms with E-state index in [1.807, 2.05) is 0 Å². The maximum Gasteiger partial charge on any atom is 0.0854 e. The van der Waals surface area contributed by atoms with Crippen molar-refractivity contribution in [2.24, 2.45) is 5.92 Å². The predicted molar refractivity (Wildman–Crippen MR) is 57.2 cm³/mol. The highest BCUT2D eigenvalue weighted by Crippen LogP contribution is 2.31. The molecule has 82 valence electrons. The Morgan fingerprint density at radius 1 is 1.47 bits per heavy atom. The number of nitrogens with two attached hydrogens (primary N) is 1. The van der Waals surface area contributed by atoms with E-state index in [2.05, 4.69) is 4.98 Å². The lowest BCUT2D eigenvalue weighted by Gasteiger charge is -2.27. The van der Waals surface area contributed by atoms with E-state index >= 15 is 0 Å². The van der Waals surface area contributed by atoms with Gasteiger partial charge in [-0.05, 0) is 24.8 Å². The van der Waals surface area contributed by atoms with Crippen molar-refractivity contribution < 1.29 is 9.84 Å². The molecule has 0 aromatic carbocycles. The molecule has 0 saturated carbocycles. The van der Waals surface area contributed by atoms with Crippen molar-refractivity contribution in [2.45, 2.75) is 18.9 Å². The van der Waals surface area contributed by atoms with Crippen LogP contribution in [-0.2, 0) is 4.74 Å². The van der Waals surface area contributed by atoms with Crippen LogP contribution in [0.25, 0.3) is 0 Å². The zero-order chi connectivity index (χ0) is 10.7. The Morgan fingerprint density at radius 3 is 2.87 bits per heavy atom. The summed E-state index contributed by atoms with van der Waals surface area (Å²) >= 11 is 0. The summed E-state index contributed by atoms with van der Waals surface area (Å²) in [5.74, 6) is 0.241. The zero-order valence-corrected chi connectivity index (χ0v) is 8.60. The molecule has 1 aromatic rings. The first-order chi connectivity index (χ1) is 7.29. The van der Waals surface area contributed by atoms with Gasteiger partial charge in [0.05, 0.1) is 6.10 Å². The Bertz CT molecular complexity index is 324. The predicted octanol–water partition coefficient (Wildman–Crippen LogP) is 1.12. The lowest BCUT2D eigenvalue weighted by atomic mass is 9.89. The maximum absolute atomic E-state index is 10.2. The molecular formula is C11H16N2O2. The molecule has 1 aliphatic heterocycles. The van der Waals surface area contributed by atoms with E-state index in [1.54, 1.807) is 18.5 Å². The first-order valence-electron chi connectivity index (χ1n) is 5.24. The number of hydrogen-bond acceptors (Lipinski definition) is 4. The van der Waals surface area contributed by atoms with Crippen molar-refractivity contribution in [3.05, 3.63) is 24.0 Å². The van der Waals surface area contributed by atoms with Gasteiger partial charge >= 0.3 is 0 Å². The lowest BCUT2D eigenvalue weighted by Crippen LogP contribution is -2.22. The molecular weight excluding hydrogens is 192 g/mol. The molecule has 2 rings (SSSR count). The zero-order valence-electron chi connectivity index (χ0n) is 8.60. The Labute approximate surface area is 89.1 Å². The van der Waals surface area contributed by atoms with E-state index in [0.717, 1.165) is 31.6 Å². The van der Waals surface area contributed by atoms with Gasteiger partial charge in [-0.25, -0.2) is 0 Å². The third-order valence-corrected chi connectivity index (χ3v) is 2.92. The van der Waals surface area contributed by atoms with E-state index in [0.29, 0.717) is 5.69 Å². The third kappa shape index (κ3) is 2.27. The van der Waals surface area contributed by atoms with Gasteiger partial charge in [0.2, 0.25) is 0 Å². The largest absolute Gasteiger partial charge is 0.398 e. The first kappa shape index (κ1) is 10.4. The highest BCUT2D eigenvalue weighted by molar-refractivity contribution is 5.45. The first-order valence-corrected chi connectivity index (χ1v) is 5.24. The van der Waals surface area contributed by atoms with Gasteiger partial charge in [0.1, 0.15) is 0 Å². The molecule has 0 radical (unpaired) electrons. The number of aromatic nitrogens is 1. The lowest BCUT2D eigenvalue weighted by molar-refractivity contribution is 0.00734. The number of nitrogens with zero attached hydrogens (tertiary/aromatic N) is 1. The quantitative estimate of drug-likeness (QED) is 0.764. The van der Waals surface area contributed by atoms with E-state index in [-0.39, 0.29) is 5.92 Å². The second kappa shape index (κ2) is 4.59. The van der Waals surface area contributed by atoms with Gasteiger partial charge in [0, 0.05) is 36.9 Å². The maximum atomic E-state index is 10.2. The molecule has 1 unspecified atom stereocenters. The molecule has 0 bridgehead atoms. The molecule has 3 N–H and O–H groups in total. The second-order valence-corrected chi connectivity index (χ2v) is 3.90. The van der Waals surface area contributed by atoms with Crippen LogP contribution in [0.5, 0.6) is 0 Å². The molecule has 4 nitrogen and oxygen atoms in total. The van der Waals surface area contributed by atoms with Gasteiger partial charge in [0.25, 0.3) is 0 Å². The fraction of sp³-hybridized carbons (Fsp3) is 0.545. The van der Waals surface area contributed by atoms with Crippen molar-refractivity contribution in [2.75, 3.05) is 18.9 Å². The van der Waals surface area contributed by atoms with Crippen LogP contribution in [0.3, 0.4) is 0 Å². The minimum atomic E-state index is -0.511. The van der Waals surface area contributed by atoms with Crippen molar-refractivity contribution in [1.82, 2.24) is 4.98 Å². The minimum absolute atomic E-state index is 0.241. The number of pyridine rings is 1. The van der Waals surface area contributed by atoms with Crippen LogP contribution in [0, 0.1) is 5.92 Å². The number of hydrogen-bond donors (Lipinski definition) is 2. The van der Waals surface area contributed by atoms with Crippen molar-refractivity contribution in [1.29, 1.82) is 0 Å². The average Bonchev–Trinajstić information content (AvgIpc) is 2.30. The summed E-state index contributed by atoms with van der Waals surface area (Å²) in [7, 11) is 0. The van der Waals surface area contributed by atoms with E-state index in [4.69, 9.17) is 10.5 Å². The Hall–Kier alpha value is -1.13.